The van der Waals surface area contributed by atoms with Gasteiger partial charge in [-0.05, 0) is 17.2 Å². The molecule has 0 saturated carbocycles. The van der Waals surface area contributed by atoms with Crippen LogP contribution in [0.2, 0.25) is 5.02 Å². The van der Waals surface area contributed by atoms with Crippen LogP contribution < -0.4 is 11.1 Å². The van der Waals surface area contributed by atoms with Gasteiger partial charge in [0.05, 0.1) is 6.54 Å². The van der Waals surface area contributed by atoms with Gasteiger partial charge < -0.3 is 11.1 Å². The van der Waals surface area contributed by atoms with Crippen molar-refractivity contribution in [3.63, 3.8) is 0 Å². The number of rotatable bonds is 5. The number of benzene rings is 2. The lowest BCUT2D eigenvalue weighted by atomic mass is 9.99. The number of primary amides is 1. The Labute approximate surface area is 117 Å². The molecule has 3 N–H and O–H groups in total. The van der Waals surface area contributed by atoms with Gasteiger partial charge in [0.25, 0.3) is 0 Å². The summed E-state index contributed by atoms with van der Waals surface area (Å²) in [4.78, 5) is 10.7. The normalized spacial score (nSPS) is 10.4. The molecule has 2 aromatic carbocycles. The van der Waals surface area contributed by atoms with Crippen LogP contribution in [-0.2, 0) is 11.3 Å². The molecule has 2 aromatic rings. The first-order valence-electron chi connectivity index (χ1n) is 6.00. The number of amides is 1. The fourth-order valence-corrected chi connectivity index (χ4v) is 2.17. The molecule has 2 rings (SSSR count). The maximum Gasteiger partial charge on any atom is 0.231 e. The topological polar surface area (TPSA) is 55.1 Å². The van der Waals surface area contributed by atoms with E-state index < -0.39 is 0 Å². The fraction of sp³-hybridized carbons (Fsp3) is 0.133. The van der Waals surface area contributed by atoms with Crippen LogP contribution in [0.5, 0.6) is 0 Å². The SMILES string of the molecule is NC(=O)CNCc1ccccc1-c1ccccc1Cl. The second-order valence-corrected chi connectivity index (χ2v) is 4.61. The van der Waals surface area contributed by atoms with Gasteiger partial charge in [0.2, 0.25) is 5.91 Å². The lowest BCUT2D eigenvalue weighted by molar-refractivity contribution is -0.117. The molecule has 0 atom stereocenters. The largest absolute Gasteiger partial charge is 0.369 e. The number of hydrogen-bond acceptors (Lipinski definition) is 2. The third-order valence-corrected chi connectivity index (χ3v) is 3.13. The summed E-state index contributed by atoms with van der Waals surface area (Å²) < 4.78 is 0. The Morgan fingerprint density at radius 1 is 1.05 bits per heavy atom. The minimum atomic E-state index is -0.366. The predicted octanol–water partition coefficient (Wildman–Crippen LogP) is 2.58. The monoisotopic (exact) mass is 274 g/mol. The Morgan fingerprint density at radius 3 is 2.37 bits per heavy atom. The highest BCUT2D eigenvalue weighted by Gasteiger charge is 2.07. The Morgan fingerprint density at radius 2 is 1.68 bits per heavy atom. The summed E-state index contributed by atoms with van der Waals surface area (Å²) in [6.45, 7) is 0.737. The van der Waals surface area contributed by atoms with Crippen LogP contribution in [0.3, 0.4) is 0 Å². The average molecular weight is 275 g/mol. The quantitative estimate of drug-likeness (QED) is 0.880. The highest BCUT2D eigenvalue weighted by molar-refractivity contribution is 6.33. The van der Waals surface area contributed by atoms with Gasteiger partial charge in [0.1, 0.15) is 0 Å². The predicted molar refractivity (Wildman–Crippen MR) is 77.8 cm³/mol. The van der Waals surface area contributed by atoms with Crippen molar-refractivity contribution in [2.75, 3.05) is 6.54 Å². The van der Waals surface area contributed by atoms with E-state index in [1.165, 1.54) is 0 Å². The van der Waals surface area contributed by atoms with Gasteiger partial charge >= 0.3 is 0 Å². The van der Waals surface area contributed by atoms with Crippen LogP contribution in [0.4, 0.5) is 0 Å². The van der Waals surface area contributed by atoms with Gasteiger partial charge in [-0.2, -0.15) is 0 Å². The van der Waals surface area contributed by atoms with Gasteiger partial charge in [-0.3, -0.25) is 4.79 Å². The Balaban J connectivity index is 2.26. The van der Waals surface area contributed by atoms with E-state index in [2.05, 4.69) is 5.32 Å². The fourth-order valence-electron chi connectivity index (χ4n) is 1.94. The second-order valence-electron chi connectivity index (χ2n) is 4.21. The number of carbonyl (C=O) groups excluding carboxylic acids is 1. The lowest BCUT2D eigenvalue weighted by Crippen LogP contribution is -2.28. The minimum Gasteiger partial charge on any atom is -0.369 e. The molecule has 19 heavy (non-hydrogen) atoms. The molecular formula is C15H15ClN2O. The van der Waals surface area contributed by atoms with Crippen LogP contribution >= 0.6 is 11.6 Å². The van der Waals surface area contributed by atoms with E-state index in [1.807, 2.05) is 48.5 Å². The Hall–Kier alpha value is -1.84. The molecule has 0 aromatic heterocycles. The second kappa shape index (κ2) is 6.36. The highest BCUT2D eigenvalue weighted by atomic mass is 35.5. The van der Waals surface area contributed by atoms with Crippen molar-refractivity contribution in [1.82, 2.24) is 5.32 Å². The molecule has 1 amide bonds. The zero-order chi connectivity index (χ0) is 13.7. The summed E-state index contributed by atoms with van der Waals surface area (Å²) in [5.41, 5.74) is 8.23. The smallest absolute Gasteiger partial charge is 0.231 e. The first-order valence-corrected chi connectivity index (χ1v) is 6.38. The van der Waals surface area contributed by atoms with Crippen LogP contribution in [0.15, 0.2) is 48.5 Å². The van der Waals surface area contributed by atoms with Crippen molar-refractivity contribution in [2.45, 2.75) is 6.54 Å². The van der Waals surface area contributed by atoms with Crippen molar-refractivity contribution in [1.29, 1.82) is 0 Å². The maximum atomic E-state index is 10.7. The summed E-state index contributed by atoms with van der Waals surface area (Å²) in [7, 11) is 0. The van der Waals surface area contributed by atoms with E-state index >= 15 is 0 Å². The average Bonchev–Trinajstić information content (AvgIpc) is 2.40. The van der Waals surface area contributed by atoms with Crippen molar-refractivity contribution >= 4 is 17.5 Å². The summed E-state index contributed by atoms with van der Waals surface area (Å²) in [6, 6.07) is 15.7. The zero-order valence-corrected chi connectivity index (χ0v) is 11.2. The van der Waals surface area contributed by atoms with E-state index in [-0.39, 0.29) is 12.5 Å². The molecule has 0 aliphatic heterocycles. The number of nitrogens with two attached hydrogens (primary N) is 1. The Bertz CT molecular complexity index is 584. The van der Waals surface area contributed by atoms with Gasteiger partial charge in [-0.1, -0.05) is 54.1 Å². The molecule has 0 spiro atoms. The van der Waals surface area contributed by atoms with E-state index in [0.717, 1.165) is 16.7 Å². The molecule has 0 fully saturated rings. The van der Waals surface area contributed by atoms with E-state index in [4.69, 9.17) is 17.3 Å². The third-order valence-electron chi connectivity index (χ3n) is 2.80. The van der Waals surface area contributed by atoms with Crippen LogP contribution in [0.1, 0.15) is 5.56 Å². The maximum absolute atomic E-state index is 10.7. The molecule has 0 heterocycles. The highest BCUT2D eigenvalue weighted by Crippen LogP contribution is 2.30. The molecule has 0 radical (unpaired) electrons. The number of hydrogen-bond donors (Lipinski definition) is 2. The first-order chi connectivity index (χ1) is 9.18. The zero-order valence-electron chi connectivity index (χ0n) is 10.4. The van der Waals surface area contributed by atoms with E-state index in [0.29, 0.717) is 11.6 Å². The summed E-state index contributed by atoms with van der Waals surface area (Å²) in [6.07, 6.45) is 0. The van der Waals surface area contributed by atoms with Gasteiger partial charge in [-0.25, -0.2) is 0 Å². The molecule has 0 aliphatic rings. The van der Waals surface area contributed by atoms with E-state index in [9.17, 15) is 4.79 Å². The minimum absolute atomic E-state index is 0.164. The van der Waals surface area contributed by atoms with Gasteiger partial charge in [0, 0.05) is 17.1 Å². The number of nitrogens with one attached hydrogen (secondary N) is 1. The molecule has 0 saturated heterocycles. The van der Waals surface area contributed by atoms with Crippen LogP contribution in [0, 0.1) is 0 Å². The summed E-state index contributed by atoms with van der Waals surface area (Å²) in [5.74, 6) is -0.366. The van der Waals surface area contributed by atoms with Crippen molar-refractivity contribution in [3.05, 3.63) is 59.1 Å². The molecular weight excluding hydrogens is 260 g/mol. The molecule has 3 nitrogen and oxygen atoms in total. The van der Waals surface area contributed by atoms with Crippen molar-refractivity contribution in [3.8, 4) is 11.1 Å². The molecule has 0 aliphatic carbocycles. The molecule has 0 unspecified atom stereocenters. The van der Waals surface area contributed by atoms with Gasteiger partial charge in [0.15, 0.2) is 0 Å². The third kappa shape index (κ3) is 3.56. The molecule has 98 valence electrons. The lowest BCUT2D eigenvalue weighted by Gasteiger charge is -2.11. The Kier molecular flexibility index (Phi) is 4.55. The number of halogens is 1. The van der Waals surface area contributed by atoms with Crippen molar-refractivity contribution in [2.24, 2.45) is 5.73 Å². The van der Waals surface area contributed by atoms with E-state index in [1.54, 1.807) is 0 Å². The standard InChI is InChI=1S/C15H15ClN2O/c16-14-8-4-3-7-13(14)12-6-2-1-5-11(12)9-18-10-15(17)19/h1-8,18H,9-10H2,(H2,17,19). The summed E-state index contributed by atoms with van der Waals surface area (Å²) in [5, 5.41) is 3.73. The van der Waals surface area contributed by atoms with Crippen LogP contribution in [-0.4, -0.2) is 12.5 Å². The first kappa shape index (κ1) is 13.6. The van der Waals surface area contributed by atoms with Crippen LogP contribution in [0.25, 0.3) is 11.1 Å². The summed E-state index contributed by atoms with van der Waals surface area (Å²) >= 11 is 6.22. The molecule has 0 bridgehead atoms. The number of carbonyl (C=O) groups is 1. The molecule has 4 heteroatoms. The van der Waals surface area contributed by atoms with Crippen molar-refractivity contribution < 1.29 is 4.79 Å². The van der Waals surface area contributed by atoms with Gasteiger partial charge in [-0.15, -0.1) is 0 Å².